The fourth-order valence-corrected chi connectivity index (χ4v) is 2.98. The molecule has 0 aromatic heterocycles. The summed E-state index contributed by atoms with van der Waals surface area (Å²) in [7, 11) is -1.77. The van der Waals surface area contributed by atoms with Crippen molar-refractivity contribution in [1.29, 1.82) is 0 Å². The second kappa shape index (κ2) is 3.22. The van der Waals surface area contributed by atoms with Crippen molar-refractivity contribution in [2.75, 3.05) is 6.61 Å². The van der Waals surface area contributed by atoms with Gasteiger partial charge in [0.1, 0.15) is 5.60 Å². The van der Waals surface area contributed by atoms with Gasteiger partial charge >= 0.3 is 0 Å². The first kappa shape index (κ1) is 11.1. The van der Waals surface area contributed by atoms with E-state index in [4.69, 9.17) is 5.11 Å². The molecule has 11 heavy (non-hydrogen) atoms. The van der Waals surface area contributed by atoms with Gasteiger partial charge in [-0.3, -0.25) is 0 Å². The standard InChI is InChI=1S/C7H18O3Si/c1-7(10,5-8)6(9)11(2,3)4/h6,8-10H,5H2,1-4H3/t6-,7-/m1/s1. The molecule has 0 rings (SSSR count). The summed E-state index contributed by atoms with van der Waals surface area (Å²) in [5.74, 6) is 0. The maximum atomic E-state index is 9.57. The van der Waals surface area contributed by atoms with Gasteiger partial charge in [-0.05, 0) is 6.92 Å². The van der Waals surface area contributed by atoms with Crippen LogP contribution >= 0.6 is 0 Å². The summed E-state index contributed by atoms with van der Waals surface area (Å²) in [4.78, 5) is 0. The summed E-state index contributed by atoms with van der Waals surface area (Å²) in [5, 5.41) is 27.8. The van der Waals surface area contributed by atoms with Gasteiger partial charge in [-0.15, -0.1) is 0 Å². The minimum atomic E-state index is -1.77. The first-order chi connectivity index (χ1) is 4.72. The average Bonchev–Trinajstić information content (AvgIpc) is 1.84. The van der Waals surface area contributed by atoms with E-state index in [-0.39, 0.29) is 0 Å². The highest BCUT2D eigenvalue weighted by molar-refractivity contribution is 6.77. The Bertz CT molecular complexity index is 128. The van der Waals surface area contributed by atoms with E-state index in [1.165, 1.54) is 6.92 Å². The van der Waals surface area contributed by atoms with Gasteiger partial charge in [-0.2, -0.15) is 0 Å². The van der Waals surface area contributed by atoms with E-state index in [0.717, 1.165) is 0 Å². The third kappa shape index (κ3) is 2.90. The van der Waals surface area contributed by atoms with Gasteiger partial charge in [0.05, 0.1) is 20.4 Å². The third-order valence-electron chi connectivity index (χ3n) is 1.73. The lowest BCUT2D eigenvalue weighted by atomic mass is 10.1. The van der Waals surface area contributed by atoms with E-state index < -0.39 is 26.0 Å². The van der Waals surface area contributed by atoms with E-state index in [1.807, 2.05) is 19.6 Å². The molecule has 0 saturated carbocycles. The van der Waals surface area contributed by atoms with E-state index in [2.05, 4.69) is 0 Å². The SMILES string of the molecule is C[C@@](O)(CO)[C@H](O)[Si](C)(C)C. The molecule has 2 atom stereocenters. The van der Waals surface area contributed by atoms with Crippen LogP contribution in [0.5, 0.6) is 0 Å². The van der Waals surface area contributed by atoms with E-state index >= 15 is 0 Å². The van der Waals surface area contributed by atoms with Gasteiger partial charge in [0, 0.05) is 0 Å². The van der Waals surface area contributed by atoms with Gasteiger partial charge in [-0.1, -0.05) is 19.6 Å². The Morgan fingerprint density at radius 3 is 1.82 bits per heavy atom. The van der Waals surface area contributed by atoms with Crippen molar-refractivity contribution in [3.05, 3.63) is 0 Å². The fourth-order valence-electron chi connectivity index (χ4n) is 1.02. The topological polar surface area (TPSA) is 60.7 Å². The van der Waals surface area contributed by atoms with Gasteiger partial charge in [0.25, 0.3) is 0 Å². The van der Waals surface area contributed by atoms with Crippen LogP contribution in [0.25, 0.3) is 0 Å². The van der Waals surface area contributed by atoms with E-state index in [9.17, 15) is 10.2 Å². The minimum Gasteiger partial charge on any atom is -0.394 e. The molecule has 0 aromatic carbocycles. The number of aliphatic hydroxyl groups is 3. The van der Waals surface area contributed by atoms with E-state index in [1.54, 1.807) is 0 Å². The van der Waals surface area contributed by atoms with Crippen molar-refractivity contribution < 1.29 is 15.3 Å². The Morgan fingerprint density at radius 1 is 1.36 bits per heavy atom. The van der Waals surface area contributed by atoms with Crippen LogP contribution in [-0.2, 0) is 0 Å². The van der Waals surface area contributed by atoms with Crippen LogP contribution in [0.3, 0.4) is 0 Å². The number of hydrogen-bond donors (Lipinski definition) is 3. The molecule has 0 saturated heterocycles. The summed E-state index contributed by atoms with van der Waals surface area (Å²) in [6.07, 6.45) is 0. The predicted octanol–water partition coefficient (Wildman–Crippen LogP) is -0.0320. The lowest BCUT2D eigenvalue weighted by Crippen LogP contribution is -2.55. The molecule has 0 radical (unpaired) electrons. The van der Waals surface area contributed by atoms with Gasteiger partial charge in [0.2, 0.25) is 0 Å². The zero-order valence-corrected chi connectivity index (χ0v) is 8.63. The molecular formula is C7H18O3Si. The highest BCUT2D eigenvalue weighted by atomic mass is 28.3. The Morgan fingerprint density at radius 2 is 1.73 bits per heavy atom. The lowest BCUT2D eigenvalue weighted by Gasteiger charge is -2.35. The molecule has 0 fully saturated rings. The van der Waals surface area contributed by atoms with E-state index in [0.29, 0.717) is 0 Å². The van der Waals surface area contributed by atoms with Crippen LogP contribution in [0.4, 0.5) is 0 Å². The minimum absolute atomic E-state index is 0.390. The normalized spacial score (nSPS) is 21.0. The van der Waals surface area contributed by atoms with Gasteiger partial charge in [-0.25, -0.2) is 0 Å². The van der Waals surface area contributed by atoms with Crippen molar-refractivity contribution in [3.63, 3.8) is 0 Å². The van der Waals surface area contributed by atoms with Crippen LogP contribution in [0.1, 0.15) is 6.92 Å². The second-order valence-electron chi connectivity index (χ2n) is 4.28. The molecular weight excluding hydrogens is 160 g/mol. The lowest BCUT2D eigenvalue weighted by molar-refractivity contribution is -0.0629. The Labute approximate surface area is 68.7 Å². The first-order valence-corrected chi connectivity index (χ1v) is 7.31. The molecule has 68 valence electrons. The Hall–Kier alpha value is 0.0969. The average molecular weight is 178 g/mol. The maximum Gasteiger partial charge on any atom is 0.108 e. The quantitative estimate of drug-likeness (QED) is 0.532. The van der Waals surface area contributed by atoms with Crippen molar-refractivity contribution >= 4 is 8.07 Å². The summed E-state index contributed by atoms with van der Waals surface area (Å²) in [6.45, 7) is 6.90. The molecule has 0 aliphatic heterocycles. The van der Waals surface area contributed by atoms with Gasteiger partial charge < -0.3 is 15.3 Å². The highest BCUT2D eigenvalue weighted by Crippen LogP contribution is 2.19. The molecule has 0 amide bonds. The first-order valence-electron chi connectivity index (χ1n) is 3.73. The third-order valence-corrected chi connectivity index (χ3v) is 3.99. The summed E-state index contributed by atoms with van der Waals surface area (Å²) in [6, 6.07) is 0. The molecule has 3 nitrogen and oxygen atoms in total. The van der Waals surface area contributed by atoms with Crippen molar-refractivity contribution in [1.82, 2.24) is 0 Å². The maximum absolute atomic E-state index is 9.57. The zero-order valence-electron chi connectivity index (χ0n) is 7.63. The summed E-state index contributed by atoms with van der Waals surface area (Å²) >= 11 is 0. The van der Waals surface area contributed by atoms with Crippen LogP contribution < -0.4 is 0 Å². The van der Waals surface area contributed by atoms with Crippen molar-refractivity contribution in [2.24, 2.45) is 0 Å². The largest absolute Gasteiger partial charge is 0.394 e. The molecule has 0 spiro atoms. The van der Waals surface area contributed by atoms with Crippen LogP contribution in [0, 0.1) is 0 Å². The zero-order chi connectivity index (χ0) is 9.28. The van der Waals surface area contributed by atoms with Gasteiger partial charge in [0.15, 0.2) is 0 Å². The van der Waals surface area contributed by atoms with Crippen molar-refractivity contribution in [2.45, 2.75) is 37.9 Å². The summed E-state index contributed by atoms with van der Waals surface area (Å²) in [5.41, 5.74) is -2.12. The Balaban J connectivity index is 4.35. The van der Waals surface area contributed by atoms with Crippen LogP contribution in [0.2, 0.25) is 19.6 Å². The monoisotopic (exact) mass is 178 g/mol. The molecule has 0 bridgehead atoms. The smallest absolute Gasteiger partial charge is 0.108 e. The van der Waals surface area contributed by atoms with Crippen LogP contribution in [0.15, 0.2) is 0 Å². The van der Waals surface area contributed by atoms with Crippen molar-refractivity contribution in [3.8, 4) is 0 Å². The molecule has 4 heteroatoms. The second-order valence-corrected chi connectivity index (χ2v) is 9.56. The molecule has 3 N–H and O–H groups in total. The molecule has 0 aromatic rings. The summed E-state index contributed by atoms with van der Waals surface area (Å²) < 4.78 is 0. The number of hydrogen-bond acceptors (Lipinski definition) is 3. The molecule has 0 aliphatic rings. The Kier molecular flexibility index (Phi) is 3.25. The molecule has 0 unspecified atom stereocenters. The molecule has 0 heterocycles. The fraction of sp³-hybridized carbons (Fsp3) is 1.00. The molecule has 0 aliphatic carbocycles. The number of rotatable bonds is 3. The highest BCUT2D eigenvalue weighted by Gasteiger charge is 2.39. The van der Waals surface area contributed by atoms with Crippen LogP contribution in [-0.4, -0.2) is 41.3 Å². The predicted molar refractivity (Wildman–Crippen MR) is 47.1 cm³/mol. The number of aliphatic hydroxyl groups excluding tert-OH is 2.